The van der Waals surface area contributed by atoms with Crippen LogP contribution in [0.5, 0.6) is 0 Å². The van der Waals surface area contributed by atoms with E-state index in [1.54, 1.807) is 6.20 Å². The van der Waals surface area contributed by atoms with Crippen LogP contribution in [-0.4, -0.2) is 25.7 Å². The van der Waals surface area contributed by atoms with Crippen molar-refractivity contribution in [1.29, 1.82) is 0 Å². The van der Waals surface area contributed by atoms with E-state index >= 15 is 0 Å². The number of anilines is 1. The Bertz CT molecular complexity index is 1260. The minimum absolute atomic E-state index is 0.128. The molecule has 0 spiro atoms. The quantitative estimate of drug-likeness (QED) is 0.343. The molecule has 0 unspecified atom stereocenters. The van der Waals surface area contributed by atoms with Crippen molar-refractivity contribution in [3.05, 3.63) is 80.5 Å². The van der Waals surface area contributed by atoms with E-state index in [-0.39, 0.29) is 12.3 Å². The first-order valence-corrected chi connectivity index (χ1v) is 11.3. The van der Waals surface area contributed by atoms with Crippen LogP contribution in [-0.2, 0) is 17.8 Å². The molecule has 0 atom stereocenters. The number of hydrogen-bond donors (Lipinski definition) is 2. The highest BCUT2D eigenvalue weighted by molar-refractivity contribution is 7.71. The van der Waals surface area contributed by atoms with Crippen LogP contribution in [0.4, 0.5) is 5.13 Å². The predicted octanol–water partition coefficient (Wildman–Crippen LogP) is 5.65. The fourth-order valence-electron chi connectivity index (χ4n) is 3.12. The predicted molar refractivity (Wildman–Crippen MR) is 127 cm³/mol. The van der Waals surface area contributed by atoms with Gasteiger partial charge in [-0.1, -0.05) is 59.6 Å². The Kier molecular flexibility index (Phi) is 6.60. The second-order valence-corrected chi connectivity index (χ2v) is 8.98. The van der Waals surface area contributed by atoms with Gasteiger partial charge in [0.15, 0.2) is 15.7 Å². The zero-order valence-electron chi connectivity index (χ0n) is 16.8. The van der Waals surface area contributed by atoms with Gasteiger partial charge in [-0.25, -0.2) is 4.98 Å². The molecular weight excluding hydrogens is 450 g/mol. The summed E-state index contributed by atoms with van der Waals surface area (Å²) in [7, 11) is 0. The molecule has 2 aromatic heterocycles. The Balaban J connectivity index is 1.38. The van der Waals surface area contributed by atoms with Gasteiger partial charge in [0.1, 0.15) is 0 Å². The molecule has 0 saturated heterocycles. The van der Waals surface area contributed by atoms with E-state index in [9.17, 15) is 4.79 Å². The first-order chi connectivity index (χ1) is 15.0. The summed E-state index contributed by atoms with van der Waals surface area (Å²) < 4.78 is 2.32. The first kappa shape index (κ1) is 21.4. The highest BCUT2D eigenvalue weighted by Crippen LogP contribution is 2.25. The average molecular weight is 470 g/mol. The summed E-state index contributed by atoms with van der Waals surface area (Å²) in [6.07, 6.45) is 2.70. The summed E-state index contributed by atoms with van der Waals surface area (Å²) in [6, 6.07) is 15.7. The molecule has 1 amide bonds. The molecule has 4 rings (SSSR count). The monoisotopic (exact) mass is 469 g/mol. The fourth-order valence-corrected chi connectivity index (χ4v) is 4.40. The van der Waals surface area contributed by atoms with E-state index < -0.39 is 0 Å². The highest BCUT2D eigenvalue weighted by Gasteiger charge is 2.12. The molecule has 0 aliphatic heterocycles. The molecule has 9 heteroatoms. The maximum Gasteiger partial charge on any atom is 0.227 e. The molecule has 0 fully saturated rings. The van der Waals surface area contributed by atoms with Crippen molar-refractivity contribution in [3.8, 4) is 11.4 Å². The average Bonchev–Trinajstić information content (AvgIpc) is 3.35. The van der Waals surface area contributed by atoms with Crippen molar-refractivity contribution in [3.63, 3.8) is 0 Å². The van der Waals surface area contributed by atoms with Gasteiger partial charge in [0.25, 0.3) is 0 Å². The van der Waals surface area contributed by atoms with Gasteiger partial charge in [0, 0.05) is 41.0 Å². The summed E-state index contributed by atoms with van der Waals surface area (Å²) in [5.41, 5.74) is 3.15. The van der Waals surface area contributed by atoms with Gasteiger partial charge in [-0.05, 0) is 30.8 Å². The lowest BCUT2D eigenvalue weighted by Crippen LogP contribution is -2.15. The van der Waals surface area contributed by atoms with E-state index in [0.29, 0.717) is 28.7 Å². The topological polar surface area (TPSA) is 75.6 Å². The number of H-pyrrole nitrogens is 1. The van der Waals surface area contributed by atoms with Crippen LogP contribution >= 0.6 is 35.2 Å². The Labute approximate surface area is 193 Å². The van der Waals surface area contributed by atoms with E-state index in [1.807, 2.05) is 60.0 Å². The molecule has 2 N–H and O–H groups in total. The van der Waals surface area contributed by atoms with Gasteiger partial charge in [0.2, 0.25) is 5.91 Å². The molecule has 0 bridgehead atoms. The van der Waals surface area contributed by atoms with Crippen molar-refractivity contribution < 1.29 is 4.79 Å². The fraction of sp³-hybridized carbons (Fsp3) is 0.182. The van der Waals surface area contributed by atoms with Crippen LogP contribution in [0, 0.1) is 11.7 Å². The SMILES string of the molecule is Cc1ccc(-c2n[nH]c(=S)n2CCC(=O)Nc2ncc(Cc3ccccc3Cl)s2)cc1. The van der Waals surface area contributed by atoms with Crippen LogP contribution < -0.4 is 5.32 Å². The van der Waals surface area contributed by atoms with Crippen molar-refractivity contribution in [2.24, 2.45) is 0 Å². The number of carbonyl (C=O) groups is 1. The summed E-state index contributed by atoms with van der Waals surface area (Å²) in [6.45, 7) is 2.45. The molecule has 4 aromatic rings. The van der Waals surface area contributed by atoms with Gasteiger partial charge < -0.3 is 5.32 Å². The van der Waals surface area contributed by atoms with Crippen molar-refractivity contribution in [2.45, 2.75) is 26.3 Å². The number of rotatable bonds is 7. The van der Waals surface area contributed by atoms with Crippen LogP contribution in [0.1, 0.15) is 22.4 Å². The Morgan fingerprint density at radius 3 is 2.77 bits per heavy atom. The van der Waals surface area contributed by atoms with Crippen LogP contribution in [0.25, 0.3) is 11.4 Å². The Morgan fingerprint density at radius 1 is 1.23 bits per heavy atom. The summed E-state index contributed by atoms with van der Waals surface area (Å²) in [5.74, 6) is 0.589. The van der Waals surface area contributed by atoms with E-state index in [0.717, 1.165) is 21.0 Å². The molecule has 0 aliphatic rings. The molecule has 2 aromatic carbocycles. The molecule has 0 aliphatic carbocycles. The number of amides is 1. The maximum absolute atomic E-state index is 12.5. The number of halogens is 1. The Morgan fingerprint density at radius 2 is 2.00 bits per heavy atom. The molecule has 0 radical (unpaired) electrons. The second kappa shape index (κ2) is 9.55. The minimum atomic E-state index is -0.128. The molecule has 2 heterocycles. The third-order valence-corrected chi connectivity index (χ3v) is 6.35. The number of aryl methyl sites for hydroxylation is 1. The number of benzene rings is 2. The summed E-state index contributed by atoms with van der Waals surface area (Å²) in [4.78, 5) is 17.8. The lowest BCUT2D eigenvalue weighted by Gasteiger charge is -2.07. The molecule has 31 heavy (non-hydrogen) atoms. The highest BCUT2D eigenvalue weighted by atomic mass is 35.5. The van der Waals surface area contributed by atoms with E-state index in [2.05, 4.69) is 20.5 Å². The molecular formula is C22H20ClN5OS2. The first-order valence-electron chi connectivity index (χ1n) is 9.70. The number of nitrogens with zero attached hydrogens (tertiary/aromatic N) is 3. The van der Waals surface area contributed by atoms with Gasteiger partial charge in [-0.3, -0.25) is 14.5 Å². The number of aromatic nitrogens is 4. The second-order valence-electron chi connectivity index (χ2n) is 7.07. The minimum Gasteiger partial charge on any atom is -0.302 e. The maximum atomic E-state index is 12.5. The molecule has 158 valence electrons. The van der Waals surface area contributed by atoms with Gasteiger partial charge >= 0.3 is 0 Å². The van der Waals surface area contributed by atoms with Crippen LogP contribution in [0.15, 0.2) is 54.7 Å². The number of carbonyl (C=O) groups excluding carboxylic acids is 1. The number of hydrogen-bond acceptors (Lipinski definition) is 5. The summed E-state index contributed by atoms with van der Waals surface area (Å²) in [5, 5.41) is 11.3. The Hall–Kier alpha value is -2.81. The molecule has 0 saturated carbocycles. The lowest BCUT2D eigenvalue weighted by molar-refractivity contribution is -0.116. The summed E-state index contributed by atoms with van der Waals surface area (Å²) >= 11 is 13.0. The van der Waals surface area contributed by atoms with Crippen LogP contribution in [0.2, 0.25) is 5.02 Å². The number of thiazole rings is 1. The number of nitrogens with one attached hydrogen (secondary N) is 2. The number of aromatic amines is 1. The van der Waals surface area contributed by atoms with Crippen LogP contribution in [0.3, 0.4) is 0 Å². The van der Waals surface area contributed by atoms with Gasteiger partial charge in [0.05, 0.1) is 0 Å². The normalized spacial score (nSPS) is 10.9. The molecule has 6 nitrogen and oxygen atoms in total. The standard InChI is InChI=1S/C22H20ClN5OS2/c1-14-6-8-15(9-7-14)20-26-27-22(30)28(20)11-10-19(29)25-21-24-13-17(31-21)12-16-4-2-3-5-18(16)23/h2-9,13H,10-12H2,1H3,(H,27,30)(H,24,25,29). The largest absolute Gasteiger partial charge is 0.302 e. The lowest BCUT2D eigenvalue weighted by atomic mass is 10.1. The van der Waals surface area contributed by atoms with Crippen molar-refractivity contribution in [1.82, 2.24) is 19.7 Å². The third-order valence-electron chi connectivity index (χ3n) is 4.75. The zero-order chi connectivity index (χ0) is 21.8. The van der Waals surface area contributed by atoms with E-state index in [4.69, 9.17) is 23.8 Å². The van der Waals surface area contributed by atoms with Gasteiger partial charge in [-0.15, -0.1) is 11.3 Å². The zero-order valence-corrected chi connectivity index (χ0v) is 19.2. The van der Waals surface area contributed by atoms with Crippen molar-refractivity contribution >= 4 is 46.2 Å². The third kappa shape index (κ3) is 5.28. The van der Waals surface area contributed by atoms with Crippen molar-refractivity contribution in [2.75, 3.05) is 5.32 Å². The smallest absolute Gasteiger partial charge is 0.227 e. The van der Waals surface area contributed by atoms with Gasteiger partial charge in [-0.2, -0.15) is 5.10 Å². The van der Waals surface area contributed by atoms with E-state index in [1.165, 1.54) is 16.9 Å².